The summed E-state index contributed by atoms with van der Waals surface area (Å²) in [5.74, 6) is -1.26. The van der Waals surface area contributed by atoms with Crippen LogP contribution in [0.5, 0.6) is 0 Å². The van der Waals surface area contributed by atoms with Crippen LogP contribution in [0.4, 0.5) is 5.69 Å². The number of nitriles is 1. The van der Waals surface area contributed by atoms with Crippen molar-refractivity contribution in [3.8, 4) is 6.07 Å². The summed E-state index contributed by atoms with van der Waals surface area (Å²) in [6, 6.07) is 23.2. The van der Waals surface area contributed by atoms with Crippen molar-refractivity contribution in [2.24, 2.45) is 0 Å². The Labute approximate surface area is 210 Å². The fraction of sp³-hybridized carbons (Fsp3) is 0.250. The molecule has 3 aromatic carbocycles. The van der Waals surface area contributed by atoms with Gasteiger partial charge in [-0.15, -0.1) is 0 Å². The van der Waals surface area contributed by atoms with E-state index in [1.54, 1.807) is 30.3 Å². The van der Waals surface area contributed by atoms with Crippen molar-refractivity contribution in [2.45, 2.75) is 44.8 Å². The first-order valence-electron chi connectivity index (χ1n) is 11.2. The minimum absolute atomic E-state index is 0.148. The zero-order valence-electron chi connectivity index (χ0n) is 19.9. The number of amides is 1. The van der Waals surface area contributed by atoms with Gasteiger partial charge in [-0.05, 0) is 74.7 Å². The van der Waals surface area contributed by atoms with Gasteiger partial charge >= 0.3 is 5.97 Å². The number of nitrogens with one attached hydrogen (secondary N) is 1. The number of para-hydroxylation sites is 1. The zero-order valence-corrected chi connectivity index (χ0v) is 20.7. The number of nitrogen functional groups attached to an aromatic ring is 1. The predicted octanol–water partition coefficient (Wildman–Crippen LogP) is 5.26. The Bertz CT molecular complexity index is 1250. The fourth-order valence-electron chi connectivity index (χ4n) is 3.79. The van der Waals surface area contributed by atoms with E-state index in [1.165, 1.54) is 13.8 Å². The molecule has 7 heteroatoms. The molecule has 2 unspecified atom stereocenters. The molecule has 0 spiro atoms. The van der Waals surface area contributed by atoms with Gasteiger partial charge in [0.15, 0.2) is 5.60 Å². The van der Waals surface area contributed by atoms with E-state index in [2.05, 4.69) is 11.4 Å². The second-order valence-corrected chi connectivity index (χ2v) is 9.36. The number of esters is 1. The maximum absolute atomic E-state index is 13.2. The summed E-state index contributed by atoms with van der Waals surface area (Å²) >= 11 is 6.04. The van der Waals surface area contributed by atoms with Crippen molar-refractivity contribution < 1.29 is 14.3 Å². The number of carbonyl (C=O) groups is 2. The number of benzene rings is 3. The molecule has 0 saturated heterocycles. The highest BCUT2D eigenvalue weighted by Gasteiger charge is 2.35. The van der Waals surface area contributed by atoms with E-state index < -0.39 is 17.5 Å². The third-order valence-corrected chi connectivity index (χ3v) is 6.10. The van der Waals surface area contributed by atoms with Crippen LogP contribution in [0, 0.1) is 11.3 Å². The summed E-state index contributed by atoms with van der Waals surface area (Å²) in [7, 11) is 0. The molecule has 180 valence electrons. The second kappa shape index (κ2) is 11.1. The number of nitrogens with two attached hydrogens (primary N) is 1. The Balaban J connectivity index is 1.81. The molecule has 2 atom stereocenters. The number of hydrogen-bond donors (Lipinski definition) is 2. The van der Waals surface area contributed by atoms with Crippen LogP contribution in [0.25, 0.3) is 0 Å². The van der Waals surface area contributed by atoms with Gasteiger partial charge in [-0.2, -0.15) is 5.26 Å². The molecular weight excluding hydrogens is 462 g/mol. The lowest BCUT2D eigenvalue weighted by Crippen LogP contribution is -2.50. The van der Waals surface area contributed by atoms with Crippen molar-refractivity contribution in [1.29, 1.82) is 5.26 Å². The van der Waals surface area contributed by atoms with E-state index in [4.69, 9.17) is 22.1 Å². The molecule has 0 aromatic heterocycles. The third kappa shape index (κ3) is 6.62. The lowest BCUT2D eigenvalue weighted by atomic mass is 9.85. The Morgan fingerprint density at radius 1 is 1.09 bits per heavy atom. The molecule has 0 fully saturated rings. The average Bonchev–Trinajstić information content (AvgIpc) is 2.83. The number of halogens is 1. The molecule has 0 radical (unpaired) electrons. The molecule has 1 amide bonds. The Morgan fingerprint density at radius 2 is 1.77 bits per heavy atom. The molecule has 6 nitrogen and oxygen atoms in total. The van der Waals surface area contributed by atoms with E-state index in [9.17, 15) is 14.9 Å². The number of ether oxygens (including phenoxy) is 1. The summed E-state index contributed by atoms with van der Waals surface area (Å²) in [6.45, 7) is 4.97. The van der Waals surface area contributed by atoms with Gasteiger partial charge in [0.2, 0.25) is 0 Å². The first-order valence-corrected chi connectivity index (χ1v) is 11.6. The number of nitrogens with zero attached hydrogens (tertiary/aromatic N) is 1. The summed E-state index contributed by atoms with van der Waals surface area (Å²) in [5.41, 5.74) is 7.41. The molecule has 3 rings (SSSR count). The maximum atomic E-state index is 13.2. The molecule has 3 N–H and O–H groups in total. The largest absolute Gasteiger partial charge is 0.446 e. The normalized spacial score (nSPS) is 12.8. The zero-order chi connectivity index (χ0) is 25.6. The quantitative estimate of drug-likeness (QED) is 0.331. The van der Waals surface area contributed by atoms with E-state index in [1.807, 2.05) is 49.4 Å². The topological polar surface area (TPSA) is 105 Å². The van der Waals surface area contributed by atoms with Crippen molar-refractivity contribution in [1.82, 2.24) is 5.32 Å². The third-order valence-electron chi connectivity index (χ3n) is 5.85. The Kier molecular flexibility index (Phi) is 8.16. The van der Waals surface area contributed by atoms with E-state index >= 15 is 0 Å². The van der Waals surface area contributed by atoms with Crippen LogP contribution in [-0.2, 0) is 16.0 Å². The van der Waals surface area contributed by atoms with Gasteiger partial charge < -0.3 is 15.8 Å². The second-order valence-electron chi connectivity index (χ2n) is 8.92. The summed E-state index contributed by atoms with van der Waals surface area (Å²) in [4.78, 5) is 25.8. The number of rotatable bonds is 8. The molecule has 0 aliphatic rings. The highest BCUT2D eigenvalue weighted by Crippen LogP contribution is 2.27. The van der Waals surface area contributed by atoms with Gasteiger partial charge in [0.25, 0.3) is 5.91 Å². The monoisotopic (exact) mass is 489 g/mol. The molecular formula is C28H28ClN3O3. The van der Waals surface area contributed by atoms with Crippen LogP contribution in [0.15, 0.2) is 72.8 Å². The van der Waals surface area contributed by atoms with Gasteiger partial charge in [0, 0.05) is 22.7 Å². The van der Waals surface area contributed by atoms with Crippen molar-refractivity contribution in [3.63, 3.8) is 0 Å². The van der Waals surface area contributed by atoms with Gasteiger partial charge in [-0.25, -0.2) is 4.79 Å². The lowest BCUT2D eigenvalue weighted by Gasteiger charge is -2.30. The van der Waals surface area contributed by atoms with E-state index in [0.29, 0.717) is 17.0 Å². The van der Waals surface area contributed by atoms with Gasteiger partial charge in [0.1, 0.15) is 0 Å². The molecule has 0 heterocycles. The van der Waals surface area contributed by atoms with Crippen molar-refractivity contribution in [2.75, 3.05) is 5.73 Å². The summed E-state index contributed by atoms with van der Waals surface area (Å²) in [6.07, 6.45) is 0.605. The standard InChI is InChI=1S/C28H28ClN3O3/c1-18(32-27(34)28(2,3)35-26(33)23-9-4-5-10-25(23)31)24(16-19-11-13-22(29)14-12-19)21-8-6-7-20(15-21)17-30/h4-15,18,24H,16,31H2,1-3H3,(H,32,34). The van der Waals surface area contributed by atoms with Crippen molar-refractivity contribution in [3.05, 3.63) is 100 Å². The smallest absolute Gasteiger partial charge is 0.341 e. The van der Waals surface area contributed by atoms with E-state index in [-0.39, 0.29) is 23.2 Å². The molecule has 0 aliphatic carbocycles. The number of carbonyl (C=O) groups excluding carboxylic acids is 2. The van der Waals surface area contributed by atoms with Crippen LogP contribution in [0.2, 0.25) is 5.02 Å². The first-order chi connectivity index (χ1) is 16.6. The number of anilines is 1. The minimum atomic E-state index is -1.44. The van der Waals surface area contributed by atoms with Crippen LogP contribution in [0.1, 0.15) is 53.7 Å². The Hall–Kier alpha value is -3.82. The van der Waals surface area contributed by atoms with Gasteiger partial charge in [-0.1, -0.05) is 48.0 Å². The van der Waals surface area contributed by atoms with Gasteiger partial charge in [0.05, 0.1) is 17.2 Å². The Morgan fingerprint density at radius 3 is 2.43 bits per heavy atom. The molecule has 0 bridgehead atoms. The van der Waals surface area contributed by atoms with Crippen LogP contribution < -0.4 is 11.1 Å². The maximum Gasteiger partial charge on any atom is 0.341 e. The van der Waals surface area contributed by atoms with E-state index in [0.717, 1.165) is 11.1 Å². The summed E-state index contributed by atoms with van der Waals surface area (Å²) < 4.78 is 5.53. The molecule has 3 aromatic rings. The predicted molar refractivity (Wildman–Crippen MR) is 137 cm³/mol. The highest BCUT2D eigenvalue weighted by atomic mass is 35.5. The molecule has 35 heavy (non-hydrogen) atoms. The SMILES string of the molecule is CC(NC(=O)C(C)(C)OC(=O)c1ccccc1N)C(Cc1ccc(Cl)cc1)c1cccc(C#N)c1. The van der Waals surface area contributed by atoms with Gasteiger partial charge in [-0.3, -0.25) is 4.79 Å². The first kappa shape index (κ1) is 25.8. The minimum Gasteiger partial charge on any atom is -0.446 e. The fourth-order valence-corrected chi connectivity index (χ4v) is 3.92. The van der Waals surface area contributed by atoms with Crippen LogP contribution in [0.3, 0.4) is 0 Å². The van der Waals surface area contributed by atoms with Crippen molar-refractivity contribution >= 4 is 29.2 Å². The number of hydrogen-bond acceptors (Lipinski definition) is 5. The molecule has 0 saturated carbocycles. The molecule has 0 aliphatic heterocycles. The highest BCUT2D eigenvalue weighted by molar-refractivity contribution is 6.30. The van der Waals surface area contributed by atoms with Crippen LogP contribution in [-0.4, -0.2) is 23.5 Å². The van der Waals surface area contributed by atoms with Crippen LogP contribution >= 0.6 is 11.6 Å². The average molecular weight is 490 g/mol. The lowest BCUT2D eigenvalue weighted by molar-refractivity contribution is -0.138. The summed E-state index contributed by atoms with van der Waals surface area (Å²) in [5, 5.41) is 13.0.